The predicted molar refractivity (Wildman–Crippen MR) is 81.4 cm³/mol. The van der Waals surface area contributed by atoms with Crippen LogP contribution in [0.1, 0.15) is 18.9 Å². The van der Waals surface area contributed by atoms with E-state index < -0.39 is 0 Å². The van der Waals surface area contributed by atoms with Crippen LogP contribution in [0.3, 0.4) is 0 Å². The predicted octanol–water partition coefficient (Wildman–Crippen LogP) is 2.61. The molecule has 5 heteroatoms. The number of hydrogen-bond donors (Lipinski definition) is 1. The van der Waals surface area contributed by atoms with Crippen molar-refractivity contribution >= 4 is 17.7 Å². The number of benzene rings is 1. The molecule has 4 nitrogen and oxygen atoms in total. The minimum Gasteiger partial charge on any atom is -0.351 e. The first-order valence-electron chi connectivity index (χ1n) is 6.66. The van der Waals surface area contributed by atoms with Gasteiger partial charge in [-0.05, 0) is 12.0 Å². The Hall–Kier alpha value is -1.75. The van der Waals surface area contributed by atoms with E-state index in [1.807, 2.05) is 55.1 Å². The maximum atomic E-state index is 12.2. The lowest BCUT2D eigenvalue weighted by Gasteiger charge is -2.14. The third-order valence-electron chi connectivity index (χ3n) is 3.00. The Balaban J connectivity index is 1.91. The van der Waals surface area contributed by atoms with Gasteiger partial charge < -0.3 is 9.88 Å². The van der Waals surface area contributed by atoms with Crippen LogP contribution in [0.25, 0.3) is 0 Å². The number of aromatic nitrogens is 2. The Morgan fingerprint density at radius 2 is 2.15 bits per heavy atom. The minimum absolute atomic E-state index is 0.0596. The van der Waals surface area contributed by atoms with E-state index in [0.29, 0.717) is 6.54 Å². The van der Waals surface area contributed by atoms with Crippen LogP contribution in [0.4, 0.5) is 0 Å². The molecular formula is C15H19N3OS. The topological polar surface area (TPSA) is 46.9 Å². The molecule has 106 valence electrons. The summed E-state index contributed by atoms with van der Waals surface area (Å²) in [4.78, 5) is 16.5. The molecule has 0 spiro atoms. The standard InChI is InChI=1S/C15H19N3OS/c1-3-13(20-15-16-9-10-18(15)2)14(19)17-11-12-7-5-4-6-8-12/h4-10,13H,3,11H2,1-2H3,(H,17,19). The van der Waals surface area contributed by atoms with Gasteiger partial charge in [-0.3, -0.25) is 4.79 Å². The normalized spacial score (nSPS) is 12.1. The summed E-state index contributed by atoms with van der Waals surface area (Å²) < 4.78 is 1.93. The summed E-state index contributed by atoms with van der Waals surface area (Å²) in [5.41, 5.74) is 1.11. The van der Waals surface area contributed by atoms with E-state index in [4.69, 9.17) is 0 Å². The molecule has 2 aromatic rings. The molecule has 1 heterocycles. The fourth-order valence-electron chi connectivity index (χ4n) is 1.81. The van der Waals surface area contributed by atoms with Crippen LogP contribution in [0.5, 0.6) is 0 Å². The summed E-state index contributed by atoms with van der Waals surface area (Å²) in [6.07, 6.45) is 4.41. The number of nitrogens with zero attached hydrogens (tertiary/aromatic N) is 2. The van der Waals surface area contributed by atoms with Crippen LogP contribution in [0, 0.1) is 0 Å². The summed E-state index contributed by atoms with van der Waals surface area (Å²) in [6.45, 7) is 2.58. The zero-order valence-corrected chi connectivity index (χ0v) is 12.6. The Kier molecular flexibility index (Phi) is 5.24. The average molecular weight is 289 g/mol. The van der Waals surface area contributed by atoms with Gasteiger partial charge in [0.05, 0.1) is 5.25 Å². The summed E-state index contributed by atoms with van der Waals surface area (Å²) in [5, 5.41) is 3.74. The number of hydrogen-bond acceptors (Lipinski definition) is 3. The van der Waals surface area contributed by atoms with Gasteiger partial charge in [-0.2, -0.15) is 0 Å². The molecule has 1 aromatic carbocycles. The monoisotopic (exact) mass is 289 g/mol. The molecule has 1 N–H and O–H groups in total. The van der Waals surface area contributed by atoms with Gasteiger partial charge in [0.1, 0.15) is 0 Å². The second-order valence-electron chi connectivity index (χ2n) is 4.54. The Morgan fingerprint density at radius 3 is 2.75 bits per heavy atom. The molecule has 0 radical (unpaired) electrons. The van der Waals surface area contributed by atoms with Gasteiger partial charge in [-0.1, -0.05) is 49.0 Å². The lowest BCUT2D eigenvalue weighted by Crippen LogP contribution is -2.32. The lowest BCUT2D eigenvalue weighted by atomic mass is 10.2. The highest BCUT2D eigenvalue weighted by Gasteiger charge is 2.19. The second kappa shape index (κ2) is 7.14. The molecule has 1 unspecified atom stereocenters. The SMILES string of the molecule is CCC(Sc1nccn1C)C(=O)NCc1ccccc1. The molecule has 20 heavy (non-hydrogen) atoms. The molecule has 1 amide bonds. The summed E-state index contributed by atoms with van der Waals surface area (Å²) in [6, 6.07) is 9.93. The van der Waals surface area contributed by atoms with Gasteiger partial charge in [-0.25, -0.2) is 4.98 Å². The first-order chi connectivity index (χ1) is 9.70. The maximum absolute atomic E-state index is 12.2. The number of aryl methyl sites for hydroxylation is 1. The Bertz CT molecular complexity index is 553. The van der Waals surface area contributed by atoms with E-state index in [-0.39, 0.29) is 11.2 Å². The molecule has 1 atom stereocenters. The van der Waals surface area contributed by atoms with Gasteiger partial charge in [0, 0.05) is 26.0 Å². The van der Waals surface area contributed by atoms with E-state index in [9.17, 15) is 4.79 Å². The minimum atomic E-state index is -0.111. The van der Waals surface area contributed by atoms with Crippen molar-refractivity contribution in [3.8, 4) is 0 Å². The van der Waals surface area contributed by atoms with Crippen LogP contribution in [0.15, 0.2) is 47.9 Å². The number of carbonyl (C=O) groups is 1. The molecular weight excluding hydrogens is 270 g/mol. The number of amides is 1. The number of thioether (sulfide) groups is 1. The molecule has 0 aliphatic carbocycles. The van der Waals surface area contributed by atoms with Crippen molar-refractivity contribution in [1.29, 1.82) is 0 Å². The molecule has 1 aromatic heterocycles. The van der Waals surface area contributed by atoms with Crippen molar-refractivity contribution in [2.24, 2.45) is 7.05 Å². The molecule has 0 saturated heterocycles. The molecule has 0 aliphatic rings. The van der Waals surface area contributed by atoms with Crippen LogP contribution in [-0.4, -0.2) is 20.7 Å². The van der Waals surface area contributed by atoms with E-state index >= 15 is 0 Å². The third-order valence-corrected chi connectivity index (χ3v) is 4.43. The van der Waals surface area contributed by atoms with E-state index in [2.05, 4.69) is 10.3 Å². The van der Waals surface area contributed by atoms with Crippen molar-refractivity contribution in [3.05, 3.63) is 48.3 Å². The fourth-order valence-corrected chi connectivity index (χ4v) is 2.77. The highest BCUT2D eigenvalue weighted by molar-refractivity contribution is 8.00. The van der Waals surface area contributed by atoms with E-state index in [1.165, 1.54) is 11.8 Å². The maximum Gasteiger partial charge on any atom is 0.233 e. The first kappa shape index (κ1) is 14.7. The highest BCUT2D eigenvalue weighted by Crippen LogP contribution is 2.23. The smallest absolute Gasteiger partial charge is 0.233 e. The van der Waals surface area contributed by atoms with Crippen molar-refractivity contribution < 1.29 is 4.79 Å². The molecule has 2 rings (SSSR count). The van der Waals surface area contributed by atoms with Gasteiger partial charge in [0.25, 0.3) is 0 Å². The highest BCUT2D eigenvalue weighted by atomic mass is 32.2. The first-order valence-corrected chi connectivity index (χ1v) is 7.54. The largest absolute Gasteiger partial charge is 0.351 e. The summed E-state index contributed by atoms with van der Waals surface area (Å²) >= 11 is 1.51. The van der Waals surface area contributed by atoms with E-state index in [1.54, 1.807) is 6.20 Å². The van der Waals surface area contributed by atoms with Gasteiger partial charge >= 0.3 is 0 Å². The van der Waals surface area contributed by atoms with Crippen molar-refractivity contribution in [2.45, 2.75) is 30.3 Å². The molecule has 0 fully saturated rings. The molecule has 0 bridgehead atoms. The zero-order valence-electron chi connectivity index (χ0n) is 11.7. The third kappa shape index (κ3) is 3.87. The van der Waals surface area contributed by atoms with Crippen molar-refractivity contribution in [3.63, 3.8) is 0 Å². The number of nitrogens with one attached hydrogen (secondary N) is 1. The molecule has 0 aliphatic heterocycles. The van der Waals surface area contributed by atoms with Crippen LogP contribution in [-0.2, 0) is 18.4 Å². The van der Waals surface area contributed by atoms with Gasteiger partial charge in [0.15, 0.2) is 5.16 Å². The zero-order chi connectivity index (χ0) is 14.4. The van der Waals surface area contributed by atoms with Gasteiger partial charge in [0.2, 0.25) is 5.91 Å². The average Bonchev–Trinajstić information content (AvgIpc) is 2.88. The fraction of sp³-hybridized carbons (Fsp3) is 0.333. The van der Waals surface area contributed by atoms with Crippen molar-refractivity contribution in [2.75, 3.05) is 0 Å². The van der Waals surface area contributed by atoms with Crippen LogP contribution in [0.2, 0.25) is 0 Å². The molecule has 0 saturated carbocycles. The Labute approximate surface area is 123 Å². The number of imidazole rings is 1. The van der Waals surface area contributed by atoms with Crippen LogP contribution >= 0.6 is 11.8 Å². The van der Waals surface area contributed by atoms with Crippen LogP contribution < -0.4 is 5.32 Å². The van der Waals surface area contributed by atoms with Gasteiger partial charge in [-0.15, -0.1) is 0 Å². The summed E-state index contributed by atoms with van der Waals surface area (Å²) in [5.74, 6) is 0.0596. The second-order valence-corrected chi connectivity index (χ2v) is 5.71. The summed E-state index contributed by atoms with van der Waals surface area (Å²) in [7, 11) is 1.93. The van der Waals surface area contributed by atoms with Crippen molar-refractivity contribution in [1.82, 2.24) is 14.9 Å². The van der Waals surface area contributed by atoms with E-state index in [0.717, 1.165) is 17.1 Å². The quantitative estimate of drug-likeness (QED) is 0.832. The number of rotatable bonds is 6. The number of carbonyl (C=O) groups excluding carboxylic acids is 1. The Morgan fingerprint density at radius 1 is 1.40 bits per heavy atom. The lowest BCUT2D eigenvalue weighted by molar-refractivity contribution is -0.120.